The molecule has 0 aromatic heterocycles. The number of phenols is 1. The molecule has 0 heterocycles. The minimum absolute atomic E-state index is 0.0183. The van der Waals surface area contributed by atoms with E-state index in [2.05, 4.69) is 10.0 Å². The largest absolute Gasteiger partial charge is 0.508 e. The maximum absolute atomic E-state index is 9.70. The minimum Gasteiger partial charge on any atom is -0.508 e. The number of aromatic hydroxyl groups is 1. The van der Waals surface area contributed by atoms with Crippen LogP contribution in [0, 0.1) is 0 Å². The zero-order chi connectivity index (χ0) is 12.1. The van der Waals surface area contributed by atoms with E-state index in [9.17, 15) is 15.3 Å². The van der Waals surface area contributed by atoms with Gasteiger partial charge >= 0.3 is 0 Å². The van der Waals surface area contributed by atoms with E-state index in [4.69, 9.17) is 17.1 Å². The molecule has 0 aliphatic heterocycles. The van der Waals surface area contributed by atoms with E-state index in [-0.39, 0.29) is 22.9 Å². The molecule has 0 amide bonds. The molecule has 0 bridgehead atoms. The van der Waals surface area contributed by atoms with Crippen molar-refractivity contribution in [2.75, 3.05) is 6.54 Å². The van der Waals surface area contributed by atoms with Crippen LogP contribution in [0.25, 0.3) is 10.4 Å². The van der Waals surface area contributed by atoms with E-state index in [0.717, 1.165) is 0 Å². The normalized spacial score (nSPS) is 13.9. The summed E-state index contributed by atoms with van der Waals surface area (Å²) in [4.78, 5) is 2.45. The van der Waals surface area contributed by atoms with Crippen molar-refractivity contribution in [3.8, 4) is 5.75 Å². The minimum atomic E-state index is -1.40. The lowest BCUT2D eigenvalue weighted by atomic mass is 10.0. The summed E-state index contributed by atoms with van der Waals surface area (Å²) < 4.78 is 0. The van der Waals surface area contributed by atoms with Crippen LogP contribution in [0.15, 0.2) is 23.3 Å². The quantitative estimate of drug-likeness (QED) is 0.426. The standard InChI is InChI=1S/C9H10ClN3O3/c10-5-2-1-3-6(14)8(5)9(16)7(15)4-12-13-11/h1-3,7,9,14-16H,4H2. The number of nitrogens with zero attached hydrogens (tertiary/aromatic N) is 3. The van der Waals surface area contributed by atoms with Gasteiger partial charge in [-0.15, -0.1) is 0 Å². The molecule has 6 nitrogen and oxygen atoms in total. The van der Waals surface area contributed by atoms with Crippen molar-refractivity contribution < 1.29 is 15.3 Å². The molecule has 0 spiro atoms. The molecule has 86 valence electrons. The van der Waals surface area contributed by atoms with Gasteiger partial charge in [-0.05, 0) is 17.7 Å². The Morgan fingerprint density at radius 2 is 2.12 bits per heavy atom. The van der Waals surface area contributed by atoms with Gasteiger partial charge in [-0.1, -0.05) is 22.8 Å². The van der Waals surface area contributed by atoms with Crippen LogP contribution in [-0.2, 0) is 0 Å². The lowest BCUT2D eigenvalue weighted by molar-refractivity contribution is 0.0231. The summed E-state index contributed by atoms with van der Waals surface area (Å²) in [6.07, 6.45) is -2.72. The first-order chi connectivity index (χ1) is 7.57. The second-order valence-corrected chi connectivity index (χ2v) is 3.51. The number of azide groups is 1. The molecule has 3 N–H and O–H groups in total. The van der Waals surface area contributed by atoms with Gasteiger partial charge in [0, 0.05) is 10.5 Å². The summed E-state index contributed by atoms with van der Waals surface area (Å²) in [6, 6.07) is 4.32. The van der Waals surface area contributed by atoms with E-state index in [1.165, 1.54) is 18.2 Å². The van der Waals surface area contributed by atoms with Crippen molar-refractivity contribution >= 4 is 11.6 Å². The van der Waals surface area contributed by atoms with Crippen LogP contribution < -0.4 is 0 Å². The monoisotopic (exact) mass is 243 g/mol. The number of phenolic OH excluding ortho intramolecular Hbond substituents is 1. The van der Waals surface area contributed by atoms with Crippen molar-refractivity contribution in [2.24, 2.45) is 5.11 Å². The third-order valence-corrected chi connectivity index (χ3v) is 2.35. The molecule has 16 heavy (non-hydrogen) atoms. The lowest BCUT2D eigenvalue weighted by Crippen LogP contribution is -2.21. The van der Waals surface area contributed by atoms with Gasteiger partial charge in [0.1, 0.15) is 11.9 Å². The van der Waals surface area contributed by atoms with Gasteiger partial charge in [-0.2, -0.15) is 0 Å². The summed E-state index contributed by atoms with van der Waals surface area (Å²) in [7, 11) is 0. The van der Waals surface area contributed by atoms with Gasteiger partial charge in [0.05, 0.1) is 17.7 Å². The second kappa shape index (κ2) is 5.58. The van der Waals surface area contributed by atoms with Gasteiger partial charge in [0.25, 0.3) is 0 Å². The third kappa shape index (κ3) is 2.77. The highest BCUT2D eigenvalue weighted by atomic mass is 35.5. The first kappa shape index (κ1) is 12.6. The molecule has 1 aromatic rings. The maximum atomic E-state index is 9.70. The molecule has 0 fully saturated rings. The zero-order valence-electron chi connectivity index (χ0n) is 8.16. The molecule has 1 rings (SSSR count). The highest BCUT2D eigenvalue weighted by molar-refractivity contribution is 6.31. The number of aliphatic hydroxyl groups is 2. The van der Waals surface area contributed by atoms with E-state index in [1.54, 1.807) is 0 Å². The summed E-state index contributed by atoms with van der Waals surface area (Å²) in [5, 5.41) is 31.9. The van der Waals surface area contributed by atoms with E-state index < -0.39 is 12.2 Å². The number of aliphatic hydroxyl groups excluding tert-OH is 2. The van der Waals surface area contributed by atoms with Gasteiger partial charge in [-0.25, -0.2) is 0 Å². The maximum Gasteiger partial charge on any atom is 0.122 e. The fourth-order valence-electron chi connectivity index (χ4n) is 1.23. The molecule has 1 aromatic carbocycles. The molecule has 0 aliphatic carbocycles. The highest BCUT2D eigenvalue weighted by Gasteiger charge is 2.23. The number of rotatable bonds is 4. The number of hydrogen-bond acceptors (Lipinski definition) is 4. The molecule has 0 saturated heterocycles. The predicted octanol–water partition coefficient (Wildman–Crippen LogP) is 1.75. The van der Waals surface area contributed by atoms with Crippen LogP contribution in [0.2, 0.25) is 5.02 Å². The summed E-state index contributed by atoms with van der Waals surface area (Å²) in [5.41, 5.74) is 8.09. The fourth-order valence-corrected chi connectivity index (χ4v) is 1.51. The van der Waals surface area contributed by atoms with Crippen molar-refractivity contribution in [1.29, 1.82) is 0 Å². The Morgan fingerprint density at radius 1 is 1.44 bits per heavy atom. The SMILES string of the molecule is [N-]=[N+]=NCC(O)C(O)c1c(O)cccc1Cl. The molecule has 0 saturated carbocycles. The van der Waals surface area contributed by atoms with Crippen molar-refractivity contribution in [3.05, 3.63) is 39.2 Å². The summed E-state index contributed by atoms with van der Waals surface area (Å²) >= 11 is 5.77. The third-order valence-electron chi connectivity index (χ3n) is 2.02. The van der Waals surface area contributed by atoms with E-state index >= 15 is 0 Å². The molecular weight excluding hydrogens is 234 g/mol. The van der Waals surface area contributed by atoms with Crippen LogP contribution in [0.1, 0.15) is 11.7 Å². The van der Waals surface area contributed by atoms with Crippen LogP contribution in [0.5, 0.6) is 5.75 Å². The summed E-state index contributed by atoms with van der Waals surface area (Å²) in [5.74, 6) is -0.222. The molecule has 0 radical (unpaired) electrons. The molecule has 0 aliphatic rings. The van der Waals surface area contributed by atoms with Gasteiger partial charge < -0.3 is 15.3 Å². The molecule has 2 atom stereocenters. The Bertz CT molecular complexity index is 400. The van der Waals surface area contributed by atoms with Crippen LogP contribution in [0.4, 0.5) is 0 Å². The molecular formula is C9H10ClN3O3. The Labute approximate surface area is 96.3 Å². The van der Waals surface area contributed by atoms with Crippen molar-refractivity contribution in [1.82, 2.24) is 0 Å². The van der Waals surface area contributed by atoms with Crippen LogP contribution in [0.3, 0.4) is 0 Å². The predicted molar refractivity (Wildman–Crippen MR) is 58.1 cm³/mol. The van der Waals surface area contributed by atoms with Crippen molar-refractivity contribution in [3.63, 3.8) is 0 Å². The Balaban J connectivity index is 2.95. The highest BCUT2D eigenvalue weighted by Crippen LogP contribution is 2.32. The van der Waals surface area contributed by atoms with E-state index in [0.29, 0.717) is 0 Å². The lowest BCUT2D eigenvalue weighted by Gasteiger charge is -2.18. The summed E-state index contributed by atoms with van der Waals surface area (Å²) in [6.45, 7) is -0.303. The van der Waals surface area contributed by atoms with Crippen LogP contribution >= 0.6 is 11.6 Å². The smallest absolute Gasteiger partial charge is 0.122 e. The van der Waals surface area contributed by atoms with E-state index in [1.807, 2.05) is 0 Å². The van der Waals surface area contributed by atoms with Gasteiger partial charge in [0.15, 0.2) is 0 Å². The number of hydrogen-bond donors (Lipinski definition) is 3. The second-order valence-electron chi connectivity index (χ2n) is 3.10. The van der Waals surface area contributed by atoms with Gasteiger partial charge in [0.2, 0.25) is 0 Å². The number of benzene rings is 1. The van der Waals surface area contributed by atoms with Crippen molar-refractivity contribution in [2.45, 2.75) is 12.2 Å². The first-order valence-electron chi connectivity index (χ1n) is 4.42. The fraction of sp³-hybridized carbons (Fsp3) is 0.333. The molecule has 7 heteroatoms. The Kier molecular flexibility index (Phi) is 4.39. The van der Waals surface area contributed by atoms with Crippen LogP contribution in [-0.4, -0.2) is 28.0 Å². The first-order valence-corrected chi connectivity index (χ1v) is 4.80. The Morgan fingerprint density at radius 3 is 2.69 bits per heavy atom. The van der Waals surface area contributed by atoms with Gasteiger partial charge in [-0.3, -0.25) is 0 Å². The average molecular weight is 244 g/mol. The average Bonchev–Trinajstić information content (AvgIpc) is 2.25. The Hall–Kier alpha value is -1.46. The zero-order valence-corrected chi connectivity index (χ0v) is 8.91. The number of halogens is 1. The topological polar surface area (TPSA) is 109 Å². The molecule has 2 unspecified atom stereocenters.